The van der Waals surface area contributed by atoms with Crippen molar-refractivity contribution >= 4 is 5.91 Å². The number of aliphatic hydroxyl groups excluding tert-OH is 1. The minimum atomic E-state index is -0.194. The molecule has 0 bridgehead atoms. The molecule has 1 aromatic rings. The van der Waals surface area contributed by atoms with Crippen molar-refractivity contribution in [2.45, 2.75) is 52.6 Å². The highest BCUT2D eigenvalue weighted by molar-refractivity contribution is 5.92. The molecule has 0 aliphatic carbocycles. The number of carbonyl (C=O) groups is 1. The molecule has 5 heteroatoms. The molecule has 0 aliphatic rings. The number of amides is 1. The van der Waals surface area contributed by atoms with Crippen LogP contribution in [0, 0.1) is 0 Å². The Morgan fingerprint density at radius 1 is 1.50 bits per heavy atom. The van der Waals surface area contributed by atoms with Crippen LogP contribution in [0.15, 0.2) is 6.07 Å². The largest absolute Gasteiger partial charge is 0.394 e. The number of aryl methyl sites for hydroxylation is 1. The predicted octanol–water partition coefficient (Wildman–Crippen LogP) is 1.53. The molecule has 0 spiro atoms. The molecule has 102 valence electrons. The van der Waals surface area contributed by atoms with E-state index in [1.54, 1.807) is 4.68 Å². The number of hydrogen-bond acceptors (Lipinski definition) is 3. The van der Waals surface area contributed by atoms with Gasteiger partial charge in [0.25, 0.3) is 5.91 Å². The van der Waals surface area contributed by atoms with Crippen molar-refractivity contribution in [1.29, 1.82) is 0 Å². The summed E-state index contributed by atoms with van der Waals surface area (Å²) in [5.74, 6) is 0.126. The van der Waals surface area contributed by atoms with Gasteiger partial charge in [0.1, 0.15) is 5.69 Å². The average molecular weight is 253 g/mol. The third kappa shape index (κ3) is 3.32. The molecule has 18 heavy (non-hydrogen) atoms. The second kappa shape index (κ2) is 6.54. The fraction of sp³-hybridized carbons (Fsp3) is 0.692. The zero-order valence-corrected chi connectivity index (χ0v) is 11.6. The average Bonchev–Trinajstić information content (AvgIpc) is 2.79. The third-order valence-electron chi connectivity index (χ3n) is 2.97. The summed E-state index contributed by atoms with van der Waals surface area (Å²) >= 11 is 0. The van der Waals surface area contributed by atoms with Gasteiger partial charge in [-0.05, 0) is 25.3 Å². The van der Waals surface area contributed by atoms with Gasteiger partial charge in [-0.25, -0.2) is 0 Å². The second-order valence-electron chi connectivity index (χ2n) is 4.69. The molecule has 1 atom stereocenters. The Balaban J connectivity index is 2.90. The van der Waals surface area contributed by atoms with Gasteiger partial charge in [-0.15, -0.1) is 0 Å². The Morgan fingerprint density at radius 2 is 2.17 bits per heavy atom. The maximum absolute atomic E-state index is 12.1. The first-order valence-corrected chi connectivity index (χ1v) is 6.52. The van der Waals surface area contributed by atoms with Crippen LogP contribution in [0.5, 0.6) is 0 Å². The highest BCUT2D eigenvalue weighted by Gasteiger charge is 2.18. The van der Waals surface area contributed by atoms with E-state index < -0.39 is 0 Å². The summed E-state index contributed by atoms with van der Waals surface area (Å²) in [4.78, 5) is 12.1. The highest BCUT2D eigenvalue weighted by Crippen LogP contribution is 2.14. The van der Waals surface area contributed by atoms with Crippen LogP contribution in [0.1, 0.15) is 56.2 Å². The van der Waals surface area contributed by atoms with Gasteiger partial charge < -0.3 is 10.4 Å². The molecule has 0 radical (unpaired) electrons. The minimum absolute atomic E-state index is 0.0421. The molecule has 0 aliphatic heterocycles. The molecule has 0 saturated carbocycles. The normalized spacial score (nSPS) is 12.8. The van der Waals surface area contributed by atoms with Crippen LogP contribution in [0.4, 0.5) is 0 Å². The van der Waals surface area contributed by atoms with Crippen molar-refractivity contribution < 1.29 is 9.90 Å². The van der Waals surface area contributed by atoms with Gasteiger partial charge in [0, 0.05) is 6.54 Å². The van der Waals surface area contributed by atoms with Gasteiger partial charge in [-0.1, -0.05) is 20.8 Å². The maximum Gasteiger partial charge on any atom is 0.269 e. The lowest BCUT2D eigenvalue weighted by Gasteiger charge is -2.14. The second-order valence-corrected chi connectivity index (χ2v) is 4.69. The van der Waals surface area contributed by atoms with Crippen molar-refractivity contribution in [1.82, 2.24) is 15.1 Å². The SMILES string of the molecule is CCC(CO)NC(=O)c1cc(C(C)C)nn1CC. The number of aromatic nitrogens is 2. The van der Waals surface area contributed by atoms with Crippen LogP contribution in [-0.4, -0.2) is 33.4 Å². The highest BCUT2D eigenvalue weighted by atomic mass is 16.3. The first kappa shape index (κ1) is 14.7. The van der Waals surface area contributed by atoms with Gasteiger partial charge in [0.05, 0.1) is 18.3 Å². The van der Waals surface area contributed by atoms with Crippen molar-refractivity contribution in [2.75, 3.05) is 6.61 Å². The molecule has 1 heterocycles. The fourth-order valence-corrected chi connectivity index (χ4v) is 1.68. The number of carbonyl (C=O) groups excluding carboxylic acids is 1. The predicted molar refractivity (Wildman–Crippen MR) is 70.6 cm³/mol. The van der Waals surface area contributed by atoms with Crippen LogP contribution in [0.2, 0.25) is 0 Å². The van der Waals surface area contributed by atoms with Gasteiger partial charge in [0.2, 0.25) is 0 Å². The summed E-state index contributed by atoms with van der Waals surface area (Å²) in [7, 11) is 0. The molecule has 1 amide bonds. The summed E-state index contributed by atoms with van der Waals surface area (Å²) in [5.41, 5.74) is 1.48. The van der Waals surface area contributed by atoms with E-state index in [1.807, 2.05) is 33.8 Å². The third-order valence-corrected chi connectivity index (χ3v) is 2.97. The monoisotopic (exact) mass is 253 g/mol. The molecule has 5 nitrogen and oxygen atoms in total. The quantitative estimate of drug-likeness (QED) is 0.808. The van der Waals surface area contributed by atoms with Crippen LogP contribution >= 0.6 is 0 Å². The smallest absolute Gasteiger partial charge is 0.269 e. The fourth-order valence-electron chi connectivity index (χ4n) is 1.68. The first-order valence-electron chi connectivity index (χ1n) is 6.52. The molecule has 0 aromatic carbocycles. The van der Waals surface area contributed by atoms with E-state index in [2.05, 4.69) is 10.4 Å². The summed E-state index contributed by atoms with van der Waals surface area (Å²) in [6.45, 7) is 8.60. The zero-order valence-electron chi connectivity index (χ0n) is 11.6. The van der Waals surface area contributed by atoms with Crippen LogP contribution in [0.25, 0.3) is 0 Å². The Morgan fingerprint density at radius 3 is 2.61 bits per heavy atom. The standard InChI is InChI=1S/C13H23N3O2/c1-5-10(8-17)14-13(18)12-7-11(9(3)4)15-16(12)6-2/h7,9-10,17H,5-6,8H2,1-4H3,(H,14,18). The number of nitrogens with zero attached hydrogens (tertiary/aromatic N) is 2. The summed E-state index contributed by atoms with van der Waals surface area (Å²) in [5, 5.41) is 16.3. The molecular formula is C13H23N3O2. The Labute approximate surface area is 108 Å². The van der Waals surface area contributed by atoms with Gasteiger partial charge in [-0.3, -0.25) is 9.48 Å². The van der Waals surface area contributed by atoms with Gasteiger partial charge in [-0.2, -0.15) is 5.10 Å². The van der Waals surface area contributed by atoms with Gasteiger partial charge >= 0.3 is 0 Å². The topological polar surface area (TPSA) is 67.2 Å². The van der Waals surface area contributed by atoms with Crippen LogP contribution in [-0.2, 0) is 6.54 Å². The molecule has 2 N–H and O–H groups in total. The van der Waals surface area contributed by atoms with Crippen LogP contribution in [0.3, 0.4) is 0 Å². The number of nitrogens with one attached hydrogen (secondary N) is 1. The lowest BCUT2D eigenvalue weighted by Crippen LogP contribution is -2.37. The Kier molecular flexibility index (Phi) is 5.34. The summed E-state index contributed by atoms with van der Waals surface area (Å²) in [6.07, 6.45) is 0.708. The van der Waals surface area contributed by atoms with Crippen molar-refractivity contribution in [3.63, 3.8) is 0 Å². The van der Waals surface area contributed by atoms with E-state index in [-0.39, 0.29) is 18.6 Å². The summed E-state index contributed by atoms with van der Waals surface area (Å²) < 4.78 is 1.70. The molecule has 1 aromatic heterocycles. The lowest BCUT2D eigenvalue weighted by atomic mass is 10.1. The van der Waals surface area contributed by atoms with Gasteiger partial charge in [0.15, 0.2) is 0 Å². The van der Waals surface area contributed by atoms with E-state index >= 15 is 0 Å². The Hall–Kier alpha value is -1.36. The van der Waals surface area contributed by atoms with E-state index in [9.17, 15) is 4.79 Å². The lowest BCUT2D eigenvalue weighted by molar-refractivity contribution is 0.0904. The molecule has 0 fully saturated rings. The molecule has 1 rings (SSSR count). The van der Waals surface area contributed by atoms with E-state index in [0.29, 0.717) is 24.6 Å². The summed E-state index contributed by atoms with van der Waals surface area (Å²) in [6, 6.07) is 1.63. The minimum Gasteiger partial charge on any atom is -0.394 e. The first-order chi connectivity index (χ1) is 8.53. The maximum atomic E-state index is 12.1. The van der Waals surface area contributed by atoms with Crippen molar-refractivity contribution in [2.24, 2.45) is 0 Å². The van der Waals surface area contributed by atoms with Crippen molar-refractivity contribution in [3.05, 3.63) is 17.5 Å². The van der Waals surface area contributed by atoms with E-state index in [1.165, 1.54) is 0 Å². The van der Waals surface area contributed by atoms with E-state index in [4.69, 9.17) is 5.11 Å². The van der Waals surface area contributed by atoms with Crippen LogP contribution < -0.4 is 5.32 Å². The molecular weight excluding hydrogens is 230 g/mol. The number of hydrogen-bond donors (Lipinski definition) is 2. The molecule has 0 saturated heterocycles. The molecule has 1 unspecified atom stereocenters. The zero-order chi connectivity index (χ0) is 13.7. The van der Waals surface area contributed by atoms with E-state index in [0.717, 1.165) is 5.69 Å². The van der Waals surface area contributed by atoms with Crippen molar-refractivity contribution in [3.8, 4) is 0 Å². The Bertz CT molecular complexity index is 395. The number of aliphatic hydroxyl groups is 1. The number of rotatable bonds is 6.